The lowest BCUT2D eigenvalue weighted by Gasteiger charge is -2.16. The van der Waals surface area contributed by atoms with Crippen molar-refractivity contribution in [3.05, 3.63) is 51.0 Å². The van der Waals surface area contributed by atoms with Crippen molar-refractivity contribution in [2.24, 2.45) is 0 Å². The van der Waals surface area contributed by atoms with Crippen LogP contribution in [0.1, 0.15) is 39.8 Å². The number of halogens is 1. The highest BCUT2D eigenvalue weighted by atomic mass is 32.1. The van der Waals surface area contributed by atoms with Crippen LogP contribution >= 0.6 is 11.3 Å². The van der Waals surface area contributed by atoms with Crippen LogP contribution in [-0.4, -0.2) is 14.2 Å². The predicted octanol–water partition coefficient (Wildman–Crippen LogP) is 4.08. The van der Waals surface area contributed by atoms with E-state index in [-0.39, 0.29) is 11.9 Å². The largest absolute Gasteiger partial charge is 0.497 e. The van der Waals surface area contributed by atoms with Crippen molar-refractivity contribution in [1.82, 2.24) is 5.32 Å². The summed E-state index contributed by atoms with van der Waals surface area (Å²) < 4.78 is 19.4. The normalized spacial score (nSPS) is 15.6. The molecule has 0 spiro atoms. The minimum atomic E-state index is -0.222. The molecule has 0 fully saturated rings. The van der Waals surface area contributed by atoms with Gasteiger partial charge in [-0.2, -0.15) is 0 Å². The lowest BCUT2D eigenvalue weighted by Crippen LogP contribution is -2.17. The summed E-state index contributed by atoms with van der Waals surface area (Å²) in [6.07, 6.45) is 4.87. The van der Waals surface area contributed by atoms with Crippen LogP contribution in [0, 0.1) is 5.82 Å². The zero-order valence-corrected chi connectivity index (χ0v) is 13.2. The van der Waals surface area contributed by atoms with Crippen LogP contribution in [0.15, 0.2) is 24.3 Å². The molecule has 1 aliphatic carbocycles. The first kappa shape index (κ1) is 14.5. The van der Waals surface area contributed by atoms with Gasteiger partial charge in [-0.15, -0.1) is 11.3 Å². The Morgan fingerprint density at radius 1 is 1.24 bits per heavy atom. The molecular weight excluding hydrogens is 285 g/mol. The summed E-state index contributed by atoms with van der Waals surface area (Å²) in [6, 6.07) is 7.24. The maximum absolute atomic E-state index is 14.3. The van der Waals surface area contributed by atoms with Crippen LogP contribution in [0.3, 0.4) is 0 Å². The first-order valence-electron chi connectivity index (χ1n) is 7.35. The fourth-order valence-corrected chi connectivity index (χ4v) is 4.36. The third kappa shape index (κ3) is 2.83. The molecule has 1 aliphatic rings. The Kier molecular flexibility index (Phi) is 4.27. The van der Waals surface area contributed by atoms with E-state index in [9.17, 15) is 4.39 Å². The summed E-state index contributed by atoms with van der Waals surface area (Å²) in [5, 5.41) is 3.25. The zero-order chi connectivity index (χ0) is 14.8. The molecule has 0 amide bonds. The van der Waals surface area contributed by atoms with Gasteiger partial charge in [0.15, 0.2) is 0 Å². The fourth-order valence-electron chi connectivity index (χ4n) is 2.98. The maximum Gasteiger partial charge on any atom is 0.132 e. The van der Waals surface area contributed by atoms with Gasteiger partial charge in [0.2, 0.25) is 0 Å². The summed E-state index contributed by atoms with van der Waals surface area (Å²) >= 11 is 1.82. The van der Waals surface area contributed by atoms with E-state index < -0.39 is 0 Å². The fraction of sp³-hybridized carbons (Fsp3) is 0.412. The predicted molar refractivity (Wildman–Crippen MR) is 84.8 cm³/mol. The van der Waals surface area contributed by atoms with E-state index >= 15 is 0 Å². The van der Waals surface area contributed by atoms with Gasteiger partial charge in [-0.25, -0.2) is 4.39 Å². The van der Waals surface area contributed by atoms with Gasteiger partial charge in [-0.1, -0.05) is 6.07 Å². The van der Waals surface area contributed by atoms with Crippen LogP contribution in [0.5, 0.6) is 5.75 Å². The number of hydrogen-bond acceptors (Lipinski definition) is 3. The van der Waals surface area contributed by atoms with Gasteiger partial charge in [0.25, 0.3) is 0 Å². The first-order valence-corrected chi connectivity index (χ1v) is 8.16. The van der Waals surface area contributed by atoms with Crippen LogP contribution < -0.4 is 10.1 Å². The number of thiophene rings is 1. The lowest BCUT2D eigenvalue weighted by atomic mass is 9.97. The average Bonchev–Trinajstić information content (AvgIpc) is 2.93. The topological polar surface area (TPSA) is 21.3 Å². The van der Waals surface area contributed by atoms with Gasteiger partial charge in [0.05, 0.1) is 13.2 Å². The molecule has 1 aromatic heterocycles. The maximum atomic E-state index is 14.3. The molecule has 0 radical (unpaired) electrons. The van der Waals surface area contributed by atoms with Crippen LogP contribution in [-0.2, 0) is 12.8 Å². The molecule has 0 saturated carbocycles. The third-order valence-electron chi connectivity index (χ3n) is 4.11. The Hall–Kier alpha value is -1.39. The van der Waals surface area contributed by atoms with Gasteiger partial charge in [0.1, 0.15) is 11.6 Å². The zero-order valence-electron chi connectivity index (χ0n) is 12.4. The Labute approximate surface area is 129 Å². The van der Waals surface area contributed by atoms with E-state index in [0.29, 0.717) is 11.3 Å². The van der Waals surface area contributed by atoms with Crippen LogP contribution in [0.2, 0.25) is 0 Å². The molecule has 1 aromatic carbocycles. The van der Waals surface area contributed by atoms with E-state index in [0.717, 1.165) is 6.42 Å². The van der Waals surface area contributed by atoms with E-state index in [1.54, 1.807) is 7.11 Å². The van der Waals surface area contributed by atoms with Gasteiger partial charge < -0.3 is 10.1 Å². The quantitative estimate of drug-likeness (QED) is 0.919. The molecule has 0 aliphatic heterocycles. The summed E-state index contributed by atoms with van der Waals surface area (Å²) in [6.45, 7) is 0. The molecule has 1 atom stereocenters. The number of methoxy groups -OCH3 is 1. The number of nitrogens with one attached hydrogen (secondary N) is 1. The number of fused-ring (bicyclic) bond motifs is 1. The molecule has 2 aromatic rings. The van der Waals surface area contributed by atoms with Crippen molar-refractivity contribution in [1.29, 1.82) is 0 Å². The van der Waals surface area contributed by atoms with Crippen molar-refractivity contribution >= 4 is 11.3 Å². The van der Waals surface area contributed by atoms with Gasteiger partial charge >= 0.3 is 0 Å². The minimum absolute atomic E-state index is 0.0912. The molecule has 1 N–H and O–H groups in total. The Morgan fingerprint density at radius 3 is 2.71 bits per heavy atom. The number of aryl methyl sites for hydroxylation is 2. The van der Waals surface area contributed by atoms with Gasteiger partial charge in [-0.05, 0) is 50.4 Å². The van der Waals surface area contributed by atoms with E-state index in [4.69, 9.17) is 4.74 Å². The SMILES string of the molecule is CNC(c1cc2c(s1)CCCC2)c1ccc(OC)cc1F. The summed E-state index contributed by atoms with van der Waals surface area (Å²) in [5.41, 5.74) is 2.13. The first-order chi connectivity index (χ1) is 10.2. The molecule has 1 heterocycles. The highest BCUT2D eigenvalue weighted by molar-refractivity contribution is 7.12. The van der Waals surface area contributed by atoms with E-state index in [1.165, 1.54) is 40.6 Å². The highest BCUT2D eigenvalue weighted by Gasteiger charge is 2.22. The molecule has 1 unspecified atom stereocenters. The Bertz CT molecular complexity index is 614. The number of benzene rings is 1. The van der Waals surface area contributed by atoms with Crippen LogP contribution in [0.4, 0.5) is 4.39 Å². The summed E-state index contributed by atoms with van der Waals surface area (Å²) in [5.74, 6) is 0.330. The average molecular weight is 305 g/mol. The van der Waals surface area contributed by atoms with E-state index in [1.807, 2.05) is 30.5 Å². The number of ether oxygens (including phenoxy) is 1. The highest BCUT2D eigenvalue weighted by Crippen LogP contribution is 2.36. The van der Waals surface area contributed by atoms with Gasteiger partial charge in [-0.3, -0.25) is 0 Å². The number of hydrogen-bond donors (Lipinski definition) is 1. The van der Waals surface area contributed by atoms with Crippen molar-refractivity contribution in [2.75, 3.05) is 14.2 Å². The summed E-state index contributed by atoms with van der Waals surface area (Å²) in [4.78, 5) is 2.68. The molecular formula is C17H20FNOS. The molecule has 3 rings (SSSR count). The molecule has 112 valence electrons. The molecule has 21 heavy (non-hydrogen) atoms. The molecule has 0 bridgehead atoms. The van der Waals surface area contributed by atoms with Gasteiger partial charge in [0, 0.05) is 21.4 Å². The van der Waals surface area contributed by atoms with Crippen molar-refractivity contribution in [3.63, 3.8) is 0 Å². The smallest absolute Gasteiger partial charge is 0.132 e. The molecule has 4 heteroatoms. The standard InChI is InChI=1S/C17H20FNOS/c1-19-17(13-8-7-12(20-2)10-14(13)18)16-9-11-5-3-4-6-15(11)21-16/h7-10,17,19H,3-6H2,1-2H3. The summed E-state index contributed by atoms with van der Waals surface area (Å²) in [7, 11) is 3.43. The van der Waals surface area contributed by atoms with E-state index in [2.05, 4.69) is 11.4 Å². The second-order valence-corrected chi connectivity index (χ2v) is 6.58. The van der Waals surface area contributed by atoms with Crippen molar-refractivity contribution < 1.29 is 9.13 Å². The second kappa shape index (κ2) is 6.16. The Morgan fingerprint density at radius 2 is 2.05 bits per heavy atom. The molecule has 2 nitrogen and oxygen atoms in total. The monoisotopic (exact) mass is 305 g/mol. The van der Waals surface area contributed by atoms with Crippen molar-refractivity contribution in [3.8, 4) is 5.75 Å². The van der Waals surface area contributed by atoms with Crippen LogP contribution in [0.25, 0.3) is 0 Å². The minimum Gasteiger partial charge on any atom is -0.497 e. The number of rotatable bonds is 4. The van der Waals surface area contributed by atoms with Crippen molar-refractivity contribution in [2.45, 2.75) is 31.7 Å². The lowest BCUT2D eigenvalue weighted by molar-refractivity contribution is 0.410. The molecule has 0 saturated heterocycles. The third-order valence-corrected chi connectivity index (χ3v) is 5.41. The Balaban J connectivity index is 1.96. The second-order valence-electron chi connectivity index (χ2n) is 5.41.